The molecule has 0 atom stereocenters. The van der Waals surface area contributed by atoms with Crippen LogP contribution in [-0.2, 0) is 24.7 Å². The highest BCUT2D eigenvalue weighted by Gasteiger charge is 2.13. The zero-order valence-corrected chi connectivity index (χ0v) is 17.9. The maximum Gasteiger partial charge on any atom is 0.141 e. The Balaban J connectivity index is 1.52. The number of hydrogen-bond donors (Lipinski definition) is 0. The van der Waals surface area contributed by atoms with Gasteiger partial charge in [-0.1, -0.05) is 66.7 Å². The van der Waals surface area contributed by atoms with Crippen molar-refractivity contribution in [2.75, 3.05) is 0 Å². The molecule has 0 aliphatic rings. The molecule has 3 aromatic carbocycles. The summed E-state index contributed by atoms with van der Waals surface area (Å²) in [6.07, 6.45) is 4.43. The van der Waals surface area contributed by atoms with Crippen molar-refractivity contribution in [3.63, 3.8) is 0 Å². The van der Waals surface area contributed by atoms with Crippen molar-refractivity contribution in [3.05, 3.63) is 108 Å². The number of Topliss-reactive ketones (excluding diaryl/α,β-unsaturated/α-hetero) is 1. The summed E-state index contributed by atoms with van der Waals surface area (Å²) in [6.45, 7) is 0. The number of ketones is 1. The first-order chi connectivity index (χ1) is 15.7. The Hall–Kier alpha value is -4.05. The second-order valence-electron chi connectivity index (χ2n) is 8.06. The molecule has 0 aliphatic carbocycles. The van der Waals surface area contributed by atoms with Crippen molar-refractivity contribution in [3.8, 4) is 22.4 Å². The van der Waals surface area contributed by atoms with E-state index in [2.05, 4.69) is 41.5 Å². The number of hydrogen-bond acceptors (Lipinski definition) is 3. The van der Waals surface area contributed by atoms with Gasteiger partial charge in [-0.3, -0.25) is 9.48 Å². The van der Waals surface area contributed by atoms with Crippen LogP contribution in [-0.4, -0.2) is 20.5 Å². The zero-order valence-electron chi connectivity index (χ0n) is 17.9. The summed E-state index contributed by atoms with van der Waals surface area (Å²) in [7, 11) is 1.86. The van der Waals surface area contributed by atoms with E-state index in [9.17, 15) is 4.79 Å². The quantitative estimate of drug-likeness (QED) is 0.358. The Kier molecular flexibility index (Phi) is 5.34. The van der Waals surface area contributed by atoms with E-state index in [1.54, 1.807) is 10.9 Å². The minimum atomic E-state index is 0.175. The highest BCUT2D eigenvalue weighted by Crippen LogP contribution is 2.33. The molecule has 156 valence electrons. The molecule has 0 bridgehead atoms. The number of carbonyl (C=O) groups is 1. The van der Waals surface area contributed by atoms with Crippen molar-refractivity contribution in [1.29, 1.82) is 0 Å². The van der Waals surface area contributed by atoms with E-state index >= 15 is 0 Å². The number of benzene rings is 3. The third-order valence-corrected chi connectivity index (χ3v) is 5.57. The lowest BCUT2D eigenvalue weighted by molar-refractivity contribution is -0.117. The fourth-order valence-electron chi connectivity index (χ4n) is 4.07. The molecule has 2 aromatic heterocycles. The number of pyridine rings is 1. The summed E-state index contributed by atoms with van der Waals surface area (Å²) in [5, 5.41) is 5.18. The molecule has 0 unspecified atom stereocenters. The molecule has 0 fully saturated rings. The number of carbonyl (C=O) groups excluding carboxylic acids is 1. The number of rotatable bonds is 6. The third kappa shape index (κ3) is 4.21. The summed E-state index contributed by atoms with van der Waals surface area (Å²) in [5.41, 5.74) is 7.13. The molecule has 0 saturated heterocycles. The van der Waals surface area contributed by atoms with Crippen molar-refractivity contribution in [2.45, 2.75) is 12.8 Å². The molecule has 0 aliphatic heterocycles. The Bertz CT molecular complexity index is 1390. The molecule has 0 radical (unpaired) electrons. The van der Waals surface area contributed by atoms with Gasteiger partial charge < -0.3 is 0 Å². The van der Waals surface area contributed by atoms with Gasteiger partial charge in [-0.2, -0.15) is 5.10 Å². The van der Waals surface area contributed by atoms with Crippen molar-refractivity contribution < 1.29 is 4.79 Å². The van der Waals surface area contributed by atoms with Gasteiger partial charge in [0.15, 0.2) is 0 Å². The van der Waals surface area contributed by atoms with Gasteiger partial charge in [0.25, 0.3) is 0 Å². The number of aromatic nitrogens is 3. The number of aryl methyl sites for hydroxylation is 1. The molecule has 32 heavy (non-hydrogen) atoms. The normalized spacial score (nSPS) is 11.0. The lowest BCUT2D eigenvalue weighted by Gasteiger charge is -2.12. The van der Waals surface area contributed by atoms with Gasteiger partial charge >= 0.3 is 0 Å². The fourth-order valence-corrected chi connectivity index (χ4v) is 4.07. The second kappa shape index (κ2) is 8.60. The summed E-state index contributed by atoms with van der Waals surface area (Å²) in [4.78, 5) is 17.6. The van der Waals surface area contributed by atoms with Gasteiger partial charge in [0.2, 0.25) is 0 Å². The van der Waals surface area contributed by atoms with Crippen molar-refractivity contribution >= 4 is 16.7 Å². The lowest BCUT2D eigenvalue weighted by Crippen LogP contribution is -2.06. The van der Waals surface area contributed by atoms with Gasteiger partial charge in [0, 0.05) is 42.6 Å². The molecular weight excluding hydrogens is 394 g/mol. The smallest absolute Gasteiger partial charge is 0.141 e. The van der Waals surface area contributed by atoms with Crippen LogP contribution < -0.4 is 0 Å². The summed E-state index contributed by atoms with van der Waals surface area (Å²) in [6, 6.07) is 28.9. The molecule has 0 saturated carbocycles. The van der Waals surface area contributed by atoms with Crippen LogP contribution in [0.15, 0.2) is 97.3 Å². The van der Waals surface area contributed by atoms with Crippen LogP contribution >= 0.6 is 0 Å². The molecule has 5 rings (SSSR count). The minimum absolute atomic E-state index is 0.175. The molecule has 2 heterocycles. The van der Waals surface area contributed by atoms with Gasteiger partial charge in [-0.25, -0.2) is 4.98 Å². The molecule has 0 N–H and O–H groups in total. The Labute approximate surface area is 187 Å². The van der Waals surface area contributed by atoms with Gasteiger partial charge in [0.1, 0.15) is 5.78 Å². The number of fused-ring (bicyclic) bond motifs is 1. The summed E-state index contributed by atoms with van der Waals surface area (Å²) < 4.78 is 1.72. The molecule has 4 nitrogen and oxygen atoms in total. The molecular formula is C28H23N3O. The highest BCUT2D eigenvalue weighted by molar-refractivity contribution is 5.92. The van der Waals surface area contributed by atoms with Gasteiger partial charge in [-0.15, -0.1) is 0 Å². The molecule has 5 aromatic rings. The fraction of sp³-hybridized carbons (Fsp3) is 0.107. The standard InChI is InChI=1S/C28H23N3O/c1-31-19-21(18-29-31)16-25(32)15-20-12-13-27-24(14-20)17-26(22-8-4-2-5-9-22)28(30-27)23-10-6-3-7-11-23/h2-14,17-19H,15-16H2,1H3. The summed E-state index contributed by atoms with van der Waals surface area (Å²) in [5.74, 6) is 0.175. The summed E-state index contributed by atoms with van der Waals surface area (Å²) >= 11 is 0. The molecule has 0 amide bonds. The predicted molar refractivity (Wildman–Crippen MR) is 128 cm³/mol. The van der Waals surface area contributed by atoms with Crippen LogP contribution in [0, 0.1) is 0 Å². The highest BCUT2D eigenvalue weighted by atomic mass is 16.1. The topological polar surface area (TPSA) is 47.8 Å². The van der Waals surface area contributed by atoms with E-state index in [-0.39, 0.29) is 5.78 Å². The lowest BCUT2D eigenvalue weighted by atomic mass is 9.96. The van der Waals surface area contributed by atoms with E-state index in [4.69, 9.17) is 4.98 Å². The molecule has 4 heteroatoms. The van der Waals surface area contributed by atoms with E-state index in [1.807, 2.05) is 61.8 Å². The van der Waals surface area contributed by atoms with Crippen LogP contribution in [0.1, 0.15) is 11.1 Å². The largest absolute Gasteiger partial charge is 0.299 e. The second-order valence-corrected chi connectivity index (χ2v) is 8.06. The Morgan fingerprint density at radius 2 is 1.50 bits per heavy atom. The monoisotopic (exact) mass is 417 g/mol. The predicted octanol–water partition coefficient (Wildman–Crippen LogP) is 5.66. The average Bonchev–Trinajstić information content (AvgIpc) is 3.23. The van der Waals surface area contributed by atoms with Crippen molar-refractivity contribution in [1.82, 2.24) is 14.8 Å². The first-order valence-electron chi connectivity index (χ1n) is 10.7. The van der Waals surface area contributed by atoms with Crippen LogP contribution in [0.25, 0.3) is 33.3 Å². The maximum absolute atomic E-state index is 12.6. The van der Waals surface area contributed by atoms with E-state index in [0.717, 1.165) is 44.4 Å². The van der Waals surface area contributed by atoms with Crippen LogP contribution in [0.3, 0.4) is 0 Å². The van der Waals surface area contributed by atoms with Gasteiger partial charge in [0.05, 0.1) is 17.4 Å². The minimum Gasteiger partial charge on any atom is -0.299 e. The first-order valence-corrected chi connectivity index (χ1v) is 10.7. The zero-order chi connectivity index (χ0) is 21.9. The van der Waals surface area contributed by atoms with E-state index in [0.29, 0.717) is 12.8 Å². The van der Waals surface area contributed by atoms with E-state index in [1.165, 1.54) is 0 Å². The van der Waals surface area contributed by atoms with Crippen LogP contribution in [0.5, 0.6) is 0 Å². The third-order valence-electron chi connectivity index (χ3n) is 5.57. The van der Waals surface area contributed by atoms with Gasteiger partial charge in [-0.05, 0) is 34.9 Å². The number of nitrogens with zero attached hydrogens (tertiary/aromatic N) is 3. The Morgan fingerprint density at radius 3 is 2.19 bits per heavy atom. The molecule has 0 spiro atoms. The van der Waals surface area contributed by atoms with Crippen molar-refractivity contribution in [2.24, 2.45) is 7.05 Å². The van der Waals surface area contributed by atoms with E-state index < -0.39 is 0 Å². The average molecular weight is 418 g/mol. The Morgan fingerprint density at radius 1 is 0.812 bits per heavy atom. The SMILES string of the molecule is Cn1cc(CC(=O)Cc2ccc3nc(-c4ccccc4)c(-c4ccccc4)cc3c2)cn1. The van der Waals surface area contributed by atoms with Crippen LogP contribution in [0.4, 0.5) is 0 Å². The first kappa shape index (κ1) is 19.9. The van der Waals surface area contributed by atoms with Crippen LogP contribution in [0.2, 0.25) is 0 Å². The maximum atomic E-state index is 12.6.